The smallest absolute Gasteiger partial charge is 0.258 e. The van der Waals surface area contributed by atoms with Gasteiger partial charge < -0.3 is 0 Å². The van der Waals surface area contributed by atoms with Gasteiger partial charge >= 0.3 is 0 Å². The first kappa shape index (κ1) is 12.5. The van der Waals surface area contributed by atoms with Crippen molar-refractivity contribution in [3.8, 4) is 0 Å². The molecule has 0 saturated carbocycles. The summed E-state index contributed by atoms with van der Waals surface area (Å²) in [7, 11) is 0. The van der Waals surface area contributed by atoms with E-state index in [2.05, 4.69) is 4.98 Å². The van der Waals surface area contributed by atoms with Crippen LogP contribution in [0.5, 0.6) is 0 Å². The van der Waals surface area contributed by atoms with E-state index in [4.69, 9.17) is 11.6 Å². The highest BCUT2D eigenvalue weighted by atomic mass is 35.5. The number of nitro groups is 1. The van der Waals surface area contributed by atoms with E-state index in [1.807, 2.05) is 13.8 Å². The maximum absolute atomic E-state index is 11.0. The summed E-state index contributed by atoms with van der Waals surface area (Å²) in [5.74, 6) is 0. The monoisotopic (exact) mass is 262 g/mol. The Morgan fingerprint density at radius 1 is 1.28 bits per heavy atom. The number of allylic oxidation sites excluding steroid dienone is 1. The molecule has 0 aliphatic rings. The molecule has 0 N–H and O–H groups in total. The van der Waals surface area contributed by atoms with Crippen molar-refractivity contribution in [2.75, 3.05) is 0 Å². The van der Waals surface area contributed by atoms with Gasteiger partial charge in [0.15, 0.2) is 0 Å². The molecule has 92 valence electrons. The van der Waals surface area contributed by atoms with Crippen LogP contribution >= 0.6 is 11.6 Å². The number of nitro benzene ring substituents is 1. The van der Waals surface area contributed by atoms with Crippen LogP contribution in [0.25, 0.3) is 15.8 Å². The molecular weight excluding hydrogens is 252 g/mol. The Morgan fingerprint density at radius 3 is 2.61 bits per heavy atom. The Hall–Kier alpha value is -1.94. The molecule has 0 aliphatic carbocycles. The Morgan fingerprint density at radius 2 is 2.00 bits per heavy atom. The Bertz CT molecular complexity index is 661. The number of halogens is 1. The van der Waals surface area contributed by atoms with Crippen molar-refractivity contribution in [1.29, 1.82) is 0 Å². The molecule has 2 rings (SSSR count). The number of fused-ring (bicyclic) bond motifs is 1. The third kappa shape index (κ3) is 2.07. The third-order valence-electron chi connectivity index (χ3n) is 2.63. The minimum Gasteiger partial charge on any atom is -0.258 e. The first-order chi connectivity index (χ1) is 8.52. The molecule has 0 radical (unpaired) electrons. The molecule has 0 atom stereocenters. The molecule has 1 heterocycles. The average molecular weight is 263 g/mol. The van der Waals surface area contributed by atoms with Gasteiger partial charge in [-0.1, -0.05) is 29.3 Å². The van der Waals surface area contributed by atoms with E-state index >= 15 is 0 Å². The van der Waals surface area contributed by atoms with E-state index < -0.39 is 4.92 Å². The first-order valence-electron chi connectivity index (χ1n) is 5.38. The van der Waals surface area contributed by atoms with Crippen LogP contribution in [0.2, 0.25) is 0 Å². The highest BCUT2D eigenvalue weighted by molar-refractivity contribution is 6.49. The molecule has 0 aliphatic heterocycles. The number of hydrogen-bond donors (Lipinski definition) is 0. The number of benzene rings is 1. The van der Waals surface area contributed by atoms with Gasteiger partial charge in [0.05, 0.1) is 21.0 Å². The Labute approximate surface area is 109 Å². The second kappa shape index (κ2) is 4.74. The number of hydrogen-bond acceptors (Lipinski definition) is 3. The van der Waals surface area contributed by atoms with Gasteiger partial charge in [0.2, 0.25) is 0 Å². The van der Waals surface area contributed by atoms with Gasteiger partial charge in [0.1, 0.15) is 0 Å². The lowest BCUT2D eigenvalue weighted by Crippen LogP contribution is -1.93. The zero-order valence-electron chi connectivity index (χ0n) is 9.98. The topological polar surface area (TPSA) is 56.0 Å². The quantitative estimate of drug-likeness (QED) is 0.604. The summed E-state index contributed by atoms with van der Waals surface area (Å²) in [4.78, 5) is 14.8. The Balaban J connectivity index is 2.84. The van der Waals surface area contributed by atoms with Gasteiger partial charge in [-0.2, -0.15) is 0 Å². The van der Waals surface area contributed by atoms with E-state index in [9.17, 15) is 10.1 Å². The van der Waals surface area contributed by atoms with Crippen LogP contribution in [0.1, 0.15) is 19.5 Å². The molecule has 0 saturated heterocycles. The maximum Gasteiger partial charge on any atom is 0.277 e. The standard InChI is InChI=1S/C13H11ClN2O2/c1-8(2)12(14)13-10-4-3-5-11(16(17)18)9(10)6-7-15-13/h3-7H,1-2H3. The minimum absolute atomic E-state index is 0.0642. The van der Waals surface area contributed by atoms with Crippen LogP contribution < -0.4 is 0 Å². The number of aromatic nitrogens is 1. The van der Waals surface area contributed by atoms with E-state index in [1.54, 1.807) is 18.2 Å². The number of pyridine rings is 1. The average Bonchev–Trinajstić information content (AvgIpc) is 2.36. The fraction of sp³-hybridized carbons (Fsp3) is 0.154. The summed E-state index contributed by atoms with van der Waals surface area (Å²) in [6.07, 6.45) is 1.54. The summed E-state index contributed by atoms with van der Waals surface area (Å²) < 4.78 is 0. The lowest BCUT2D eigenvalue weighted by atomic mass is 10.1. The highest BCUT2D eigenvalue weighted by Crippen LogP contribution is 2.32. The molecule has 5 heteroatoms. The van der Waals surface area contributed by atoms with Gasteiger partial charge in [0.25, 0.3) is 5.69 Å². The van der Waals surface area contributed by atoms with Crippen molar-refractivity contribution in [2.24, 2.45) is 0 Å². The van der Waals surface area contributed by atoms with Crippen molar-refractivity contribution < 1.29 is 4.92 Å². The molecule has 2 aromatic rings. The molecule has 0 fully saturated rings. The van der Waals surface area contributed by atoms with Gasteiger partial charge in [-0.3, -0.25) is 15.1 Å². The van der Waals surface area contributed by atoms with Gasteiger partial charge in [0, 0.05) is 17.6 Å². The predicted molar refractivity (Wildman–Crippen MR) is 72.5 cm³/mol. The molecule has 1 aromatic carbocycles. The van der Waals surface area contributed by atoms with Crippen molar-refractivity contribution in [1.82, 2.24) is 4.98 Å². The van der Waals surface area contributed by atoms with Crippen molar-refractivity contribution in [3.05, 3.63) is 51.8 Å². The SMILES string of the molecule is CC(C)=C(Cl)c1nccc2c([N+](=O)[O-])cccc12. The number of rotatable bonds is 2. The van der Waals surface area contributed by atoms with Crippen LogP contribution in [-0.2, 0) is 0 Å². The minimum atomic E-state index is -0.400. The summed E-state index contributed by atoms with van der Waals surface area (Å²) in [5, 5.41) is 12.7. The fourth-order valence-corrected chi connectivity index (χ4v) is 1.91. The second-order valence-corrected chi connectivity index (χ2v) is 4.48. The number of nitrogens with zero attached hydrogens (tertiary/aromatic N) is 2. The van der Waals surface area contributed by atoms with Gasteiger partial charge in [-0.25, -0.2) is 0 Å². The first-order valence-corrected chi connectivity index (χ1v) is 5.75. The predicted octanol–water partition coefficient (Wildman–Crippen LogP) is 4.13. The second-order valence-electron chi connectivity index (χ2n) is 4.10. The zero-order valence-corrected chi connectivity index (χ0v) is 10.7. The molecule has 1 aromatic heterocycles. The van der Waals surface area contributed by atoms with E-state index in [0.29, 0.717) is 21.5 Å². The van der Waals surface area contributed by atoms with E-state index in [0.717, 1.165) is 5.57 Å². The molecule has 0 unspecified atom stereocenters. The highest BCUT2D eigenvalue weighted by Gasteiger charge is 2.15. The van der Waals surface area contributed by atoms with Crippen LogP contribution in [0.3, 0.4) is 0 Å². The summed E-state index contributed by atoms with van der Waals surface area (Å²) >= 11 is 6.20. The molecule has 0 bridgehead atoms. The molecule has 18 heavy (non-hydrogen) atoms. The zero-order chi connectivity index (χ0) is 13.3. The van der Waals surface area contributed by atoms with Crippen molar-refractivity contribution in [3.63, 3.8) is 0 Å². The van der Waals surface area contributed by atoms with Crippen LogP contribution in [-0.4, -0.2) is 9.91 Å². The molecule has 0 spiro atoms. The van der Waals surface area contributed by atoms with E-state index in [-0.39, 0.29) is 5.69 Å². The van der Waals surface area contributed by atoms with Crippen molar-refractivity contribution >= 4 is 33.1 Å². The van der Waals surface area contributed by atoms with Gasteiger partial charge in [-0.05, 0) is 19.9 Å². The largest absolute Gasteiger partial charge is 0.277 e. The molecular formula is C13H11ClN2O2. The normalized spacial score (nSPS) is 10.4. The molecule has 0 amide bonds. The Kier molecular flexibility index (Phi) is 3.30. The summed E-state index contributed by atoms with van der Waals surface area (Å²) in [5.41, 5.74) is 1.57. The summed E-state index contributed by atoms with van der Waals surface area (Å²) in [6, 6.07) is 6.53. The summed E-state index contributed by atoms with van der Waals surface area (Å²) in [6.45, 7) is 3.75. The van der Waals surface area contributed by atoms with Crippen LogP contribution in [0, 0.1) is 10.1 Å². The third-order valence-corrected chi connectivity index (χ3v) is 3.18. The number of non-ortho nitro benzene ring substituents is 1. The van der Waals surface area contributed by atoms with Gasteiger partial charge in [-0.15, -0.1) is 0 Å². The van der Waals surface area contributed by atoms with Crippen molar-refractivity contribution in [2.45, 2.75) is 13.8 Å². The fourth-order valence-electron chi connectivity index (χ4n) is 1.76. The lowest BCUT2D eigenvalue weighted by Gasteiger charge is -2.06. The van der Waals surface area contributed by atoms with Crippen LogP contribution in [0.4, 0.5) is 5.69 Å². The van der Waals surface area contributed by atoms with E-state index in [1.165, 1.54) is 12.3 Å². The molecule has 4 nitrogen and oxygen atoms in total. The van der Waals surface area contributed by atoms with Crippen LogP contribution in [0.15, 0.2) is 36.0 Å². The maximum atomic E-state index is 11.0. The lowest BCUT2D eigenvalue weighted by molar-refractivity contribution is -0.383.